The van der Waals surface area contributed by atoms with Crippen molar-refractivity contribution in [1.29, 1.82) is 0 Å². The van der Waals surface area contributed by atoms with E-state index in [1.807, 2.05) is 0 Å². The number of phenols is 1. The van der Waals surface area contributed by atoms with Crippen LogP contribution in [0.4, 0.5) is 5.69 Å². The van der Waals surface area contributed by atoms with Gasteiger partial charge >= 0.3 is 0 Å². The number of hydrogen-bond donors (Lipinski definition) is 2. The first kappa shape index (κ1) is 16.5. The van der Waals surface area contributed by atoms with Gasteiger partial charge in [0.05, 0.1) is 12.7 Å². The molecule has 0 aliphatic rings. The summed E-state index contributed by atoms with van der Waals surface area (Å²) in [6.45, 7) is 1.42. The maximum atomic E-state index is 12.9. The van der Waals surface area contributed by atoms with E-state index >= 15 is 0 Å². The maximum absolute atomic E-state index is 12.9. The standard InChI is InChI=1S/C20H17NO4/c1-12(22)21-17-5-3-4-16-15(17)10-11-18(23)19(16)20(24)13-6-8-14(25-2)9-7-13/h3-11,23H,1-2H3,(H,21,22). The van der Waals surface area contributed by atoms with Crippen LogP contribution in [-0.2, 0) is 4.79 Å². The molecule has 0 fully saturated rings. The minimum Gasteiger partial charge on any atom is -0.507 e. The highest BCUT2D eigenvalue weighted by molar-refractivity contribution is 6.20. The van der Waals surface area contributed by atoms with Crippen LogP contribution in [0, 0.1) is 0 Å². The molecule has 0 saturated carbocycles. The van der Waals surface area contributed by atoms with Crippen LogP contribution in [0.5, 0.6) is 11.5 Å². The van der Waals surface area contributed by atoms with Crippen molar-refractivity contribution in [3.8, 4) is 11.5 Å². The number of rotatable bonds is 4. The van der Waals surface area contributed by atoms with Gasteiger partial charge in [-0.3, -0.25) is 9.59 Å². The van der Waals surface area contributed by atoms with E-state index in [0.717, 1.165) is 0 Å². The summed E-state index contributed by atoms with van der Waals surface area (Å²) in [7, 11) is 1.55. The predicted octanol–water partition coefficient (Wildman–Crippen LogP) is 3.74. The Bertz CT molecular complexity index is 961. The summed E-state index contributed by atoms with van der Waals surface area (Å²) in [4.78, 5) is 24.3. The van der Waals surface area contributed by atoms with Gasteiger partial charge in [0, 0.05) is 23.6 Å². The van der Waals surface area contributed by atoms with E-state index in [2.05, 4.69) is 5.32 Å². The fourth-order valence-electron chi connectivity index (χ4n) is 2.77. The fourth-order valence-corrected chi connectivity index (χ4v) is 2.77. The molecular formula is C20H17NO4. The monoisotopic (exact) mass is 335 g/mol. The molecule has 0 aliphatic carbocycles. The molecule has 3 rings (SSSR count). The number of benzene rings is 3. The van der Waals surface area contributed by atoms with Gasteiger partial charge in [-0.05, 0) is 47.9 Å². The molecule has 5 nitrogen and oxygen atoms in total. The van der Waals surface area contributed by atoms with Crippen molar-refractivity contribution in [2.45, 2.75) is 6.92 Å². The number of amides is 1. The van der Waals surface area contributed by atoms with E-state index in [0.29, 0.717) is 27.8 Å². The van der Waals surface area contributed by atoms with E-state index in [1.165, 1.54) is 13.0 Å². The first-order valence-electron chi connectivity index (χ1n) is 7.72. The zero-order valence-electron chi connectivity index (χ0n) is 13.9. The van der Waals surface area contributed by atoms with Crippen LogP contribution >= 0.6 is 0 Å². The summed E-state index contributed by atoms with van der Waals surface area (Å²) >= 11 is 0. The number of phenolic OH excluding ortho intramolecular Hbond substituents is 1. The van der Waals surface area contributed by atoms with E-state index in [1.54, 1.807) is 55.6 Å². The third kappa shape index (κ3) is 3.17. The summed E-state index contributed by atoms with van der Waals surface area (Å²) in [6, 6.07) is 15.1. The van der Waals surface area contributed by atoms with Crippen LogP contribution in [0.25, 0.3) is 10.8 Å². The Kier molecular flexibility index (Phi) is 4.39. The highest BCUT2D eigenvalue weighted by Gasteiger charge is 2.18. The summed E-state index contributed by atoms with van der Waals surface area (Å²) in [5.41, 5.74) is 1.23. The van der Waals surface area contributed by atoms with Gasteiger partial charge in [-0.2, -0.15) is 0 Å². The minimum atomic E-state index is -0.300. The Labute approximate surface area is 144 Å². The summed E-state index contributed by atoms with van der Waals surface area (Å²) in [5, 5.41) is 14.3. The van der Waals surface area contributed by atoms with Crippen LogP contribution in [0.15, 0.2) is 54.6 Å². The van der Waals surface area contributed by atoms with Crippen molar-refractivity contribution in [2.75, 3.05) is 12.4 Å². The molecule has 0 aliphatic heterocycles. The Balaban J connectivity index is 2.15. The van der Waals surface area contributed by atoms with E-state index in [9.17, 15) is 14.7 Å². The molecule has 5 heteroatoms. The molecule has 0 heterocycles. The number of carbonyl (C=O) groups is 2. The highest BCUT2D eigenvalue weighted by Crippen LogP contribution is 2.33. The third-order valence-corrected chi connectivity index (χ3v) is 3.93. The SMILES string of the molecule is COc1ccc(C(=O)c2c(O)ccc3c(NC(C)=O)cccc23)cc1. The van der Waals surface area contributed by atoms with Gasteiger partial charge in [-0.1, -0.05) is 12.1 Å². The average molecular weight is 335 g/mol. The van der Waals surface area contributed by atoms with Gasteiger partial charge in [0.1, 0.15) is 11.5 Å². The van der Waals surface area contributed by atoms with E-state index < -0.39 is 0 Å². The summed E-state index contributed by atoms with van der Waals surface area (Å²) in [6.07, 6.45) is 0. The number of nitrogens with one attached hydrogen (secondary N) is 1. The Morgan fingerprint density at radius 3 is 2.32 bits per heavy atom. The summed E-state index contributed by atoms with van der Waals surface area (Å²) in [5.74, 6) is 0.0364. The van der Waals surface area contributed by atoms with Gasteiger partial charge in [0.2, 0.25) is 5.91 Å². The van der Waals surface area contributed by atoms with Crippen LogP contribution < -0.4 is 10.1 Å². The maximum Gasteiger partial charge on any atom is 0.221 e. The van der Waals surface area contributed by atoms with Crippen molar-refractivity contribution < 1.29 is 19.4 Å². The lowest BCUT2D eigenvalue weighted by Gasteiger charge is -2.12. The Morgan fingerprint density at radius 1 is 0.960 bits per heavy atom. The van der Waals surface area contributed by atoms with Gasteiger partial charge in [-0.15, -0.1) is 0 Å². The van der Waals surface area contributed by atoms with Gasteiger partial charge in [0.15, 0.2) is 5.78 Å². The quantitative estimate of drug-likeness (QED) is 0.712. The van der Waals surface area contributed by atoms with Crippen molar-refractivity contribution in [3.63, 3.8) is 0 Å². The molecule has 3 aromatic rings. The minimum absolute atomic E-state index is 0.103. The van der Waals surface area contributed by atoms with Gasteiger partial charge < -0.3 is 15.2 Å². The highest BCUT2D eigenvalue weighted by atomic mass is 16.5. The van der Waals surface area contributed by atoms with Crippen LogP contribution in [0.2, 0.25) is 0 Å². The molecule has 1 amide bonds. The summed E-state index contributed by atoms with van der Waals surface area (Å²) < 4.78 is 5.10. The molecule has 0 spiro atoms. The van der Waals surface area contributed by atoms with Crippen LogP contribution in [0.3, 0.4) is 0 Å². The molecule has 2 N–H and O–H groups in total. The molecule has 3 aromatic carbocycles. The molecule has 0 aromatic heterocycles. The first-order chi connectivity index (χ1) is 12.0. The lowest BCUT2D eigenvalue weighted by Crippen LogP contribution is -2.07. The number of fused-ring (bicyclic) bond motifs is 1. The van der Waals surface area contributed by atoms with Crippen molar-refractivity contribution >= 4 is 28.2 Å². The molecule has 0 bridgehead atoms. The number of carbonyl (C=O) groups excluding carboxylic acids is 2. The second-order valence-corrected chi connectivity index (χ2v) is 5.60. The number of methoxy groups -OCH3 is 1. The topological polar surface area (TPSA) is 75.6 Å². The second-order valence-electron chi connectivity index (χ2n) is 5.60. The van der Waals surface area contributed by atoms with Crippen molar-refractivity contribution in [3.05, 3.63) is 65.7 Å². The third-order valence-electron chi connectivity index (χ3n) is 3.93. The van der Waals surface area contributed by atoms with E-state index in [4.69, 9.17) is 4.74 Å². The zero-order valence-corrected chi connectivity index (χ0v) is 13.9. The lowest BCUT2D eigenvalue weighted by molar-refractivity contribution is -0.114. The molecule has 0 radical (unpaired) electrons. The smallest absolute Gasteiger partial charge is 0.221 e. The number of aromatic hydroxyl groups is 1. The normalized spacial score (nSPS) is 10.5. The number of ketones is 1. The van der Waals surface area contributed by atoms with E-state index in [-0.39, 0.29) is 23.0 Å². The average Bonchev–Trinajstić information content (AvgIpc) is 2.61. The van der Waals surface area contributed by atoms with Gasteiger partial charge in [-0.25, -0.2) is 0 Å². The largest absolute Gasteiger partial charge is 0.507 e. The fraction of sp³-hybridized carbons (Fsp3) is 0.100. The van der Waals surface area contributed by atoms with Crippen molar-refractivity contribution in [2.24, 2.45) is 0 Å². The lowest BCUT2D eigenvalue weighted by atomic mass is 9.95. The Morgan fingerprint density at radius 2 is 1.68 bits per heavy atom. The first-order valence-corrected chi connectivity index (χ1v) is 7.72. The number of anilines is 1. The number of ether oxygens (including phenoxy) is 1. The predicted molar refractivity (Wildman–Crippen MR) is 96.3 cm³/mol. The second kappa shape index (κ2) is 6.65. The molecule has 126 valence electrons. The molecule has 0 saturated heterocycles. The van der Waals surface area contributed by atoms with Crippen LogP contribution in [-0.4, -0.2) is 23.9 Å². The van der Waals surface area contributed by atoms with Crippen LogP contribution in [0.1, 0.15) is 22.8 Å². The molecule has 0 unspecified atom stereocenters. The zero-order chi connectivity index (χ0) is 18.0. The number of hydrogen-bond acceptors (Lipinski definition) is 4. The van der Waals surface area contributed by atoms with Crippen molar-refractivity contribution in [1.82, 2.24) is 0 Å². The van der Waals surface area contributed by atoms with Gasteiger partial charge in [0.25, 0.3) is 0 Å². The molecule has 0 atom stereocenters. The molecular weight excluding hydrogens is 318 g/mol. The Hall–Kier alpha value is -3.34. The molecule has 25 heavy (non-hydrogen) atoms.